The molecule has 0 amide bonds. The molecule has 1 aromatic carbocycles. The Bertz CT molecular complexity index is 609. The Balaban J connectivity index is 1.62. The molecule has 1 aromatic rings. The lowest BCUT2D eigenvalue weighted by atomic mass is 9.93. The van der Waals surface area contributed by atoms with Gasteiger partial charge < -0.3 is 5.32 Å². The van der Waals surface area contributed by atoms with E-state index in [0.29, 0.717) is 23.5 Å². The van der Waals surface area contributed by atoms with Gasteiger partial charge in [-0.3, -0.25) is 0 Å². The SMILES string of the molecule is CNC(Cc1ccc2c(c1)CCC2)CC1CCS(=O)(=O)C1. The molecule has 3 nitrogen and oxygen atoms in total. The molecule has 0 aromatic heterocycles. The summed E-state index contributed by atoms with van der Waals surface area (Å²) in [7, 11) is -0.770. The van der Waals surface area contributed by atoms with Crippen molar-refractivity contribution in [2.45, 2.75) is 44.6 Å². The van der Waals surface area contributed by atoms with Gasteiger partial charge in [0.1, 0.15) is 0 Å². The number of hydrogen-bond donors (Lipinski definition) is 1. The summed E-state index contributed by atoms with van der Waals surface area (Å²) >= 11 is 0. The number of hydrogen-bond acceptors (Lipinski definition) is 3. The third-order valence-corrected chi connectivity index (χ3v) is 6.83. The van der Waals surface area contributed by atoms with Crippen molar-refractivity contribution < 1.29 is 8.42 Å². The van der Waals surface area contributed by atoms with Crippen LogP contribution in [0.1, 0.15) is 36.0 Å². The van der Waals surface area contributed by atoms with Crippen LogP contribution in [0.3, 0.4) is 0 Å². The molecular weight excluding hydrogens is 282 g/mol. The molecule has 2 atom stereocenters. The fraction of sp³-hybridized carbons (Fsp3) is 0.647. The summed E-state index contributed by atoms with van der Waals surface area (Å²) in [5.74, 6) is 1.10. The van der Waals surface area contributed by atoms with Crippen molar-refractivity contribution in [3.05, 3.63) is 34.9 Å². The molecule has 1 aliphatic heterocycles. The standard InChI is InChI=1S/C17H25NO2S/c1-18-17(11-14-7-8-21(19,20)12-14)10-13-5-6-15-3-2-4-16(15)9-13/h5-6,9,14,17-18H,2-4,7-8,10-12H2,1H3. The minimum atomic E-state index is -2.76. The molecule has 2 aliphatic rings. The number of benzene rings is 1. The van der Waals surface area contributed by atoms with E-state index < -0.39 is 9.84 Å². The first-order valence-corrected chi connectivity index (χ1v) is 9.86. The van der Waals surface area contributed by atoms with Crippen LogP contribution in [0.4, 0.5) is 0 Å². The van der Waals surface area contributed by atoms with Crippen molar-refractivity contribution in [3.8, 4) is 0 Å². The Morgan fingerprint density at radius 1 is 1.29 bits per heavy atom. The van der Waals surface area contributed by atoms with Crippen molar-refractivity contribution in [1.82, 2.24) is 5.32 Å². The van der Waals surface area contributed by atoms with Gasteiger partial charge in [0, 0.05) is 6.04 Å². The zero-order valence-corrected chi connectivity index (χ0v) is 13.6. The monoisotopic (exact) mass is 307 g/mol. The molecule has 1 saturated heterocycles. The highest BCUT2D eigenvalue weighted by atomic mass is 32.2. The molecule has 1 aliphatic carbocycles. The molecule has 0 saturated carbocycles. The zero-order valence-electron chi connectivity index (χ0n) is 12.8. The van der Waals surface area contributed by atoms with Crippen molar-refractivity contribution in [2.75, 3.05) is 18.6 Å². The predicted molar refractivity (Wildman–Crippen MR) is 86.4 cm³/mol. The van der Waals surface area contributed by atoms with Gasteiger partial charge in [0.15, 0.2) is 9.84 Å². The smallest absolute Gasteiger partial charge is 0.150 e. The Kier molecular flexibility index (Phi) is 4.36. The lowest BCUT2D eigenvalue weighted by molar-refractivity contribution is 0.424. The highest BCUT2D eigenvalue weighted by Gasteiger charge is 2.29. The summed E-state index contributed by atoms with van der Waals surface area (Å²) in [6, 6.07) is 7.27. The summed E-state index contributed by atoms with van der Waals surface area (Å²) in [5.41, 5.74) is 4.42. The fourth-order valence-electron chi connectivity index (χ4n) is 3.80. The van der Waals surface area contributed by atoms with Gasteiger partial charge in [-0.25, -0.2) is 8.42 Å². The van der Waals surface area contributed by atoms with Gasteiger partial charge in [-0.1, -0.05) is 18.2 Å². The van der Waals surface area contributed by atoms with Crippen LogP contribution in [-0.4, -0.2) is 33.0 Å². The summed E-state index contributed by atoms with van der Waals surface area (Å²) < 4.78 is 23.2. The number of sulfone groups is 1. The summed E-state index contributed by atoms with van der Waals surface area (Å²) in [6.07, 6.45) is 6.53. The van der Waals surface area contributed by atoms with E-state index in [1.165, 1.54) is 36.0 Å². The highest BCUT2D eigenvalue weighted by Crippen LogP contribution is 2.26. The maximum atomic E-state index is 11.6. The second-order valence-corrected chi connectivity index (χ2v) is 8.88. The molecule has 21 heavy (non-hydrogen) atoms. The maximum Gasteiger partial charge on any atom is 0.150 e. The van der Waals surface area contributed by atoms with Gasteiger partial charge in [-0.15, -0.1) is 0 Å². The first-order chi connectivity index (χ1) is 10.1. The van der Waals surface area contributed by atoms with Gasteiger partial charge in [-0.2, -0.15) is 0 Å². The predicted octanol–water partition coefficient (Wildman–Crippen LogP) is 2.13. The van der Waals surface area contributed by atoms with Crippen LogP contribution >= 0.6 is 0 Å². The van der Waals surface area contributed by atoms with Crippen LogP contribution in [0.15, 0.2) is 18.2 Å². The van der Waals surface area contributed by atoms with Crippen LogP contribution in [0.2, 0.25) is 0 Å². The van der Waals surface area contributed by atoms with Gasteiger partial charge >= 0.3 is 0 Å². The Hall–Kier alpha value is -0.870. The van der Waals surface area contributed by atoms with E-state index in [9.17, 15) is 8.42 Å². The fourth-order valence-corrected chi connectivity index (χ4v) is 5.68. The van der Waals surface area contributed by atoms with Crippen LogP contribution in [-0.2, 0) is 29.1 Å². The molecule has 3 rings (SSSR count). The minimum absolute atomic E-state index is 0.335. The van der Waals surface area contributed by atoms with Gasteiger partial charge in [-0.05, 0) is 68.2 Å². The van der Waals surface area contributed by atoms with Gasteiger partial charge in [0.2, 0.25) is 0 Å². The van der Waals surface area contributed by atoms with E-state index in [4.69, 9.17) is 0 Å². The minimum Gasteiger partial charge on any atom is -0.317 e. The first kappa shape index (κ1) is 15.0. The lowest BCUT2D eigenvalue weighted by Crippen LogP contribution is -2.30. The van der Waals surface area contributed by atoms with E-state index >= 15 is 0 Å². The molecule has 116 valence electrons. The van der Waals surface area contributed by atoms with E-state index in [2.05, 4.69) is 23.5 Å². The quantitative estimate of drug-likeness (QED) is 0.906. The number of likely N-dealkylation sites (N-methyl/N-ethyl adjacent to an activating group) is 1. The Morgan fingerprint density at radius 2 is 2.10 bits per heavy atom. The normalized spacial score (nSPS) is 24.9. The number of rotatable bonds is 5. The largest absolute Gasteiger partial charge is 0.317 e. The van der Waals surface area contributed by atoms with Crippen molar-refractivity contribution in [1.29, 1.82) is 0 Å². The van der Waals surface area contributed by atoms with Gasteiger partial charge in [0.25, 0.3) is 0 Å². The number of fused-ring (bicyclic) bond motifs is 1. The molecule has 1 heterocycles. The van der Waals surface area contributed by atoms with Crippen LogP contribution < -0.4 is 5.32 Å². The van der Waals surface area contributed by atoms with E-state index in [0.717, 1.165) is 19.3 Å². The third-order valence-electron chi connectivity index (χ3n) is 5.00. The molecular formula is C17H25NO2S. The lowest BCUT2D eigenvalue weighted by Gasteiger charge is -2.20. The van der Waals surface area contributed by atoms with Gasteiger partial charge in [0.05, 0.1) is 11.5 Å². The van der Waals surface area contributed by atoms with Crippen molar-refractivity contribution in [2.24, 2.45) is 5.92 Å². The second kappa shape index (κ2) is 6.09. The second-order valence-electron chi connectivity index (χ2n) is 6.65. The molecule has 1 fully saturated rings. The van der Waals surface area contributed by atoms with E-state index in [1.807, 2.05) is 7.05 Å². The molecule has 0 radical (unpaired) electrons. The molecule has 4 heteroatoms. The van der Waals surface area contributed by atoms with E-state index in [-0.39, 0.29) is 0 Å². The topological polar surface area (TPSA) is 46.2 Å². The van der Waals surface area contributed by atoms with Crippen molar-refractivity contribution >= 4 is 9.84 Å². The number of aryl methyl sites for hydroxylation is 2. The first-order valence-electron chi connectivity index (χ1n) is 8.04. The summed E-state index contributed by atoms with van der Waals surface area (Å²) in [4.78, 5) is 0. The average molecular weight is 307 g/mol. The molecule has 2 unspecified atom stereocenters. The van der Waals surface area contributed by atoms with E-state index in [1.54, 1.807) is 0 Å². The molecule has 0 spiro atoms. The average Bonchev–Trinajstić information content (AvgIpc) is 3.03. The highest BCUT2D eigenvalue weighted by molar-refractivity contribution is 7.91. The van der Waals surface area contributed by atoms with Crippen LogP contribution in [0, 0.1) is 5.92 Å². The van der Waals surface area contributed by atoms with Crippen LogP contribution in [0.5, 0.6) is 0 Å². The Morgan fingerprint density at radius 3 is 2.81 bits per heavy atom. The number of nitrogens with one attached hydrogen (secondary N) is 1. The van der Waals surface area contributed by atoms with Crippen molar-refractivity contribution in [3.63, 3.8) is 0 Å². The Labute approximate surface area is 128 Å². The molecule has 1 N–H and O–H groups in total. The third kappa shape index (κ3) is 3.67. The zero-order chi connectivity index (χ0) is 14.9. The maximum absolute atomic E-state index is 11.6. The summed E-state index contributed by atoms with van der Waals surface area (Å²) in [5, 5.41) is 3.38. The van der Waals surface area contributed by atoms with Crippen LogP contribution in [0.25, 0.3) is 0 Å². The summed E-state index contributed by atoms with van der Waals surface area (Å²) in [6.45, 7) is 0. The molecule has 0 bridgehead atoms.